The van der Waals surface area contributed by atoms with Crippen LogP contribution in [0.25, 0.3) is 0 Å². The largest absolute Gasteiger partial charge is 0.481 e. The van der Waals surface area contributed by atoms with Gasteiger partial charge in [-0.3, -0.25) is 4.79 Å². The van der Waals surface area contributed by atoms with Crippen molar-refractivity contribution >= 4 is 17.7 Å². The summed E-state index contributed by atoms with van der Waals surface area (Å²) in [6.07, 6.45) is 0.888. The molecule has 2 N–H and O–H groups in total. The van der Waals surface area contributed by atoms with E-state index in [2.05, 4.69) is 19.2 Å². The number of nitrogens with one attached hydrogen (secondary N) is 1. The number of likely N-dealkylation sites (tertiary alicyclic amines) is 1. The van der Waals surface area contributed by atoms with E-state index in [0.717, 1.165) is 19.5 Å². The molecule has 108 valence electrons. The summed E-state index contributed by atoms with van der Waals surface area (Å²) < 4.78 is 0. The summed E-state index contributed by atoms with van der Waals surface area (Å²) in [4.78, 5) is 24.8. The summed E-state index contributed by atoms with van der Waals surface area (Å²) in [5.41, 5.74) is 1.34. The van der Waals surface area contributed by atoms with Crippen LogP contribution < -0.4 is 5.32 Å². The van der Waals surface area contributed by atoms with Crippen molar-refractivity contribution in [1.82, 2.24) is 4.90 Å². The molecule has 0 bridgehead atoms. The SMILES string of the molecule is CC1(C)CCN(C(=O)Nc2ccccc2CC(=O)O)C1. The van der Waals surface area contributed by atoms with Crippen molar-refractivity contribution in [3.05, 3.63) is 29.8 Å². The third kappa shape index (κ3) is 3.50. The Hall–Kier alpha value is -2.04. The van der Waals surface area contributed by atoms with Gasteiger partial charge >= 0.3 is 12.0 Å². The highest BCUT2D eigenvalue weighted by atomic mass is 16.4. The van der Waals surface area contributed by atoms with Crippen LogP contribution in [0.3, 0.4) is 0 Å². The Bertz CT molecular complexity index is 526. The lowest BCUT2D eigenvalue weighted by Gasteiger charge is -2.21. The van der Waals surface area contributed by atoms with Crippen LogP contribution in [0.1, 0.15) is 25.8 Å². The highest BCUT2D eigenvalue weighted by molar-refractivity contribution is 5.91. The van der Waals surface area contributed by atoms with Crippen LogP contribution in [-0.2, 0) is 11.2 Å². The van der Waals surface area contributed by atoms with E-state index in [0.29, 0.717) is 11.3 Å². The molecule has 1 saturated heterocycles. The van der Waals surface area contributed by atoms with Crippen LogP contribution in [0.4, 0.5) is 10.5 Å². The maximum Gasteiger partial charge on any atom is 0.321 e. The number of carbonyl (C=O) groups is 2. The lowest BCUT2D eigenvalue weighted by Crippen LogP contribution is -2.34. The number of rotatable bonds is 3. The number of aliphatic carboxylic acids is 1. The van der Waals surface area contributed by atoms with Crippen LogP contribution in [0.5, 0.6) is 0 Å². The van der Waals surface area contributed by atoms with Gasteiger partial charge in [0.05, 0.1) is 6.42 Å². The Balaban J connectivity index is 2.06. The van der Waals surface area contributed by atoms with Gasteiger partial charge in [0.15, 0.2) is 0 Å². The molecule has 5 heteroatoms. The van der Waals surface area contributed by atoms with Crippen LogP contribution in [0.15, 0.2) is 24.3 Å². The van der Waals surface area contributed by atoms with Crippen molar-refractivity contribution < 1.29 is 14.7 Å². The first-order chi connectivity index (χ1) is 9.37. The number of carbonyl (C=O) groups excluding carboxylic acids is 1. The van der Waals surface area contributed by atoms with E-state index in [1.807, 2.05) is 0 Å². The molecule has 1 aliphatic rings. The number of amides is 2. The fourth-order valence-electron chi connectivity index (χ4n) is 2.44. The van der Waals surface area contributed by atoms with Crippen molar-refractivity contribution in [3.63, 3.8) is 0 Å². The van der Waals surface area contributed by atoms with Crippen LogP contribution in [0.2, 0.25) is 0 Å². The van der Waals surface area contributed by atoms with E-state index >= 15 is 0 Å². The molecule has 0 aromatic heterocycles. The smallest absolute Gasteiger partial charge is 0.321 e. The molecule has 1 aliphatic heterocycles. The van der Waals surface area contributed by atoms with E-state index in [1.165, 1.54) is 0 Å². The topological polar surface area (TPSA) is 69.6 Å². The van der Waals surface area contributed by atoms with Gasteiger partial charge in [0, 0.05) is 18.8 Å². The number of benzene rings is 1. The molecule has 2 amide bonds. The fourth-order valence-corrected chi connectivity index (χ4v) is 2.44. The Morgan fingerprint density at radius 2 is 2.05 bits per heavy atom. The highest BCUT2D eigenvalue weighted by Crippen LogP contribution is 2.29. The number of hydrogen-bond donors (Lipinski definition) is 2. The fraction of sp³-hybridized carbons (Fsp3) is 0.467. The molecule has 1 aromatic rings. The Morgan fingerprint density at radius 3 is 2.65 bits per heavy atom. The molecule has 0 saturated carbocycles. The monoisotopic (exact) mass is 276 g/mol. The first-order valence-corrected chi connectivity index (χ1v) is 6.73. The van der Waals surface area contributed by atoms with E-state index in [1.54, 1.807) is 29.2 Å². The quantitative estimate of drug-likeness (QED) is 0.891. The third-order valence-corrected chi connectivity index (χ3v) is 3.57. The van der Waals surface area contributed by atoms with Gasteiger partial charge in [-0.25, -0.2) is 4.79 Å². The number of nitrogens with zero attached hydrogens (tertiary/aromatic N) is 1. The number of urea groups is 1. The second kappa shape index (κ2) is 5.53. The summed E-state index contributed by atoms with van der Waals surface area (Å²) in [5.74, 6) is -0.908. The minimum atomic E-state index is -0.908. The maximum atomic E-state index is 12.2. The summed E-state index contributed by atoms with van der Waals surface area (Å²) in [7, 11) is 0. The summed E-state index contributed by atoms with van der Waals surface area (Å²) in [6.45, 7) is 5.73. The maximum absolute atomic E-state index is 12.2. The van der Waals surface area contributed by atoms with E-state index in [9.17, 15) is 9.59 Å². The number of hydrogen-bond acceptors (Lipinski definition) is 2. The lowest BCUT2D eigenvalue weighted by atomic mass is 9.93. The molecule has 20 heavy (non-hydrogen) atoms. The molecule has 0 radical (unpaired) electrons. The summed E-state index contributed by atoms with van der Waals surface area (Å²) in [5, 5.41) is 11.7. The van der Waals surface area contributed by atoms with Gasteiger partial charge in [-0.1, -0.05) is 32.0 Å². The standard InChI is InChI=1S/C15H20N2O3/c1-15(2)7-8-17(10-15)14(20)16-12-6-4-3-5-11(12)9-13(18)19/h3-6H,7-10H2,1-2H3,(H,16,20)(H,18,19). The van der Waals surface area contributed by atoms with Gasteiger partial charge in [0.2, 0.25) is 0 Å². The molecular formula is C15H20N2O3. The minimum Gasteiger partial charge on any atom is -0.481 e. The molecule has 0 spiro atoms. The third-order valence-electron chi connectivity index (χ3n) is 3.57. The zero-order valence-corrected chi connectivity index (χ0v) is 11.8. The average molecular weight is 276 g/mol. The number of carboxylic acids is 1. The normalized spacial score (nSPS) is 17.0. The minimum absolute atomic E-state index is 0.0953. The van der Waals surface area contributed by atoms with Crippen LogP contribution in [0, 0.1) is 5.41 Å². The van der Waals surface area contributed by atoms with Crippen molar-refractivity contribution in [1.29, 1.82) is 0 Å². The van der Waals surface area contributed by atoms with Crippen LogP contribution in [-0.4, -0.2) is 35.1 Å². The van der Waals surface area contributed by atoms with Crippen molar-refractivity contribution in [2.24, 2.45) is 5.41 Å². The second-order valence-electron chi connectivity index (χ2n) is 5.99. The second-order valence-corrected chi connectivity index (χ2v) is 5.99. The molecule has 5 nitrogen and oxygen atoms in total. The number of anilines is 1. The van der Waals surface area contributed by atoms with Gasteiger partial charge in [-0.2, -0.15) is 0 Å². The van der Waals surface area contributed by atoms with Gasteiger partial charge in [-0.05, 0) is 23.5 Å². The lowest BCUT2D eigenvalue weighted by molar-refractivity contribution is -0.136. The van der Waals surface area contributed by atoms with Gasteiger partial charge in [0.1, 0.15) is 0 Å². The molecule has 0 aliphatic carbocycles. The molecular weight excluding hydrogens is 256 g/mol. The van der Waals surface area contributed by atoms with Crippen molar-refractivity contribution in [2.45, 2.75) is 26.7 Å². The predicted molar refractivity (Wildman–Crippen MR) is 76.8 cm³/mol. The van der Waals surface area contributed by atoms with Gasteiger partial charge in [0.25, 0.3) is 0 Å². The number of para-hydroxylation sites is 1. The van der Waals surface area contributed by atoms with E-state index in [4.69, 9.17) is 5.11 Å². The summed E-state index contributed by atoms with van der Waals surface area (Å²) in [6, 6.07) is 6.85. The van der Waals surface area contributed by atoms with Gasteiger partial charge < -0.3 is 15.3 Å². The highest BCUT2D eigenvalue weighted by Gasteiger charge is 2.32. The predicted octanol–water partition coefficient (Wildman–Crippen LogP) is 2.58. The summed E-state index contributed by atoms with van der Waals surface area (Å²) >= 11 is 0. The molecule has 0 atom stereocenters. The average Bonchev–Trinajstić information content (AvgIpc) is 2.71. The zero-order valence-electron chi connectivity index (χ0n) is 11.8. The number of carboxylic acid groups (broad SMARTS) is 1. The molecule has 1 fully saturated rings. The molecule has 1 heterocycles. The first-order valence-electron chi connectivity index (χ1n) is 6.73. The Labute approximate surface area is 118 Å². The molecule has 2 rings (SSSR count). The molecule has 0 unspecified atom stereocenters. The zero-order chi connectivity index (χ0) is 14.8. The van der Waals surface area contributed by atoms with Crippen LogP contribution >= 0.6 is 0 Å². The Morgan fingerprint density at radius 1 is 1.35 bits per heavy atom. The van der Waals surface area contributed by atoms with E-state index < -0.39 is 5.97 Å². The van der Waals surface area contributed by atoms with Crippen molar-refractivity contribution in [3.8, 4) is 0 Å². The van der Waals surface area contributed by atoms with Gasteiger partial charge in [-0.15, -0.1) is 0 Å². The molecule has 1 aromatic carbocycles. The van der Waals surface area contributed by atoms with E-state index in [-0.39, 0.29) is 17.9 Å². The first kappa shape index (κ1) is 14.4. The van der Waals surface area contributed by atoms with Crippen molar-refractivity contribution in [2.75, 3.05) is 18.4 Å². The Kier molecular flexibility index (Phi) is 3.97.